The summed E-state index contributed by atoms with van der Waals surface area (Å²) in [5, 5.41) is 10.1. The van der Waals surface area contributed by atoms with E-state index in [2.05, 4.69) is 15.0 Å². The van der Waals surface area contributed by atoms with Gasteiger partial charge in [0.2, 0.25) is 11.9 Å². The predicted octanol–water partition coefficient (Wildman–Crippen LogP) is 0.152. The molecule has 0 aromatic carbocycles. The molecule has 0 spiro atoms. The molecule has 8 heteroatoms. The highest BCUT2D eigenvalue weighted by Gasteiger charge is 2.18. The molecule has 0 radical (unpaired) electrons. The van der Waals surface area contributed by atoms with Crippen LogP contribution in [0.2, 0.25) is 0 Å². The van der Waals surface area contributed by atoms with Gasteiger partial charge in [-0.1, -0.05) is 18.7 Å². The van der Waals surface area contributed by atoms with Crippen LogP contribution in [0.1, 0.15) is 13.8 Å². The molecule has 2 atom stereocenters. The topological polar surface area (TPSA) is 97.4 Å². The lowest BCUT2D eigenvalue weighted by molar-refractivity contribution is 0.122. The number of thioether (sulfide) groups is 1. The average Bonchev–Trinajstić information content (AvgIpc) is 2.39. The van der Waals surface area contributed by atoms with Crippen LogP contribution in [-0.4, -0.2) is 57.7 Å². The molecule has 1 aliphatic rings. The highest BCUT2D eigenvalue weighted by molar-refractivity contribution is 7.99. The number of aliphatic hydroxyl groups is 1. The zero-order chi connectivity index (χ0) is 13.8. The quantitative estimate of drug-likeness (QED) is 0.755. The van der Waals surface area contributed by atoms with Crippen LogP contribution in [0.5, 0.6) is 0 Å². The van der Waals surface area contributed by atoms with Gasteiger partial charge in [0.1, 0.15) is 0 Å². The number of anilines is 2. The fourth-order valence-corrected chi connectivity index (χ4v) is 2.39. The number of morpholine rings is 1. The second-order valence-electron chi connectivity index (χ2n) is 4.44. The van der Waals surface area contributed by atoms with E-state index in [1.807, 2.05) is 11.8 Å². The highest BCUT2D eigenvalue weighted by Crippen LogP contribution is 2.24. The predicted molar refractivity (Wildman–Crippen MR) is 74.3 cm³/mol. The van der Waals surface area contributed by atoms with Crippen molar-refractivity contribution in [2.75, 3.05) is 36.9 Å². The van der Waals surface area contributed by atoms with Crippen molar-refractivity contribution in [2.24, 2.45) is 0 Å². The van der Waals surface area contributed by atoms with Crippen molar-refractivity contribution in [2.45, 2.75) is 30.4 Å². The molecular formula is C11H19N5O2S. The van der Waals surface area contributed by atoms with Crippen LogP contribution in [-0.2, 0) is 4.74 Å². The smallest absolute Gasteiger partial charge is 0.231 e. The molecule has 106 valence electrons. The fraction of sp³-hybridized carbons (Fsp3) is 0.727. The van der Waals surface area contributed by atoms with Crippen LogP contribution >= 0.6 is 11.8 Å². The molecule has 1 aromatic heterocycles. The van der Waals surface area contributed by atoms with Crippen LogP contribution < -0.4 is 10.6 Å². The van der Waals surface area contributed by atoms with Gasteiger partial charge >= 0.3 is 0 Å². The molecule has 2 heterocycles. The van der Waals surface area contributed by atoms with Gasteiger partial charge in [-0.25, -0.2) is 0 Å². The Morgan fingerprint density at radius 3 is 2.58 bits per heavy atom. The summed E-state index contributed by atoms with van der Waals surface area (Å²) in [6.45, 7) is 6.49. The van der Waals surface area contributed by atoms with Crippen molar-refractivity contribution < 1.29 is 9.84 Å². The Balaban J connectivity index is 2.14. The number of aromatic nitrogens is 3. The summed E-state index contributed by atoms with van der Waals surface area (Å²) in [6, 6.07) is 0. The largest absolute Gasteiger partial charge is 0.392 e. The maximum Gasteiger partial charge on any atom is 0.231 e. The normalized spacial score (nSPS) is 19.2. The van der Waals surface area contributed by atoms with Gasteiger partial charge in [-0.3, -0.25) is 0 Å². The van der Waals surface area contributed by atoms with Gasteiger partial charge in [-0.05, 0) is 6.92 Å². The minimum atomic E-state index is -0.435. The van der Waals surface area contributed by atoms with E-state index in [9.17, 15) is 5.11 Å². The van der Waals surface area contributed by atoms with E-state index in [0.717, 1.165) is 13.1 Å². The van der Waals surface area contributed by atoms with Gasteiger partial charge in [0.05, 0.1) is 19.3 Å². The molecule has 2 unspecified atom stereocenters. The average molecular weight is 285 g/mol. The lowest BCUT2D eigenvalue weighted by Crippen LogP contribution is -2.37. The number of aliphatic hydroxyl groups excluding tert-OH is 1. The molecular weight excluding hydrogens is 266 g/mol. The van der Waals surface area contributed by atoms with Gasteiger partial charge in [0, 0.05) is 18.3 Å². The number of nitrogens with zero attached hydrogens (tertiary/aromatic N) is 4. The van der Waals surface area contributed by atoms with E-state index in [4.69, 9.17) is 10.5 Å². The summed E-state index contributed by atoms with van der Waals surface area (Å²) in [5.41, 5.74) is 5.72. The van der Waals surface area contributed by atoms with Crippen LogP contribution in [0.4, 0.5) is 11.9 Å². The third kappa shape index (κ3) is 3.92. The van der Waals surface area contributed by atoms with Gasteiger partial charge in [0.15, 0.2) is 5.16 Å². The number of ether oxygens (including phenoxy) is 1. The lowest BCUT2D eigenvalue weighted by Gasteiger charge is -2.27. The Morgan fingerprint density at radius 1 is 1.26 bits per heavy atom. The standard InChI is InChI=1S/C11H19N5O2S/c1-7(17)8(2)19-11-14-9(12)13-10(15-11)16-3-5-18-6-4-16/h7-8,17H,3-6H2,1-2H3,(H2,12,13,14,15). The molecule has 3 N–H and O–H groups in total. The molecule has 7 nitrogen and oxygen atoms in total. The molecule has 1 aromatic rings. The Morgan fingerprint density at radius 2 is 1.95 bits per heavy atom. The summed E-state index contributed by atoms with van der Waals surface area (Å²) in [4.78, 5) is 14.7. The number of nitrogen functional groups attached to an aromatic ring is 1. The summed E-state index contributed by atoms with van der Waals surface area (Å²) in [5.74, 6) is 0.785. The van der Waals surface area contributed by atoms with Crippen molar-refractivity contribution >= 4 is 23.7 Å². The first-order valence-corrected chi connectivity index (χ1v) is 7.13. The molecule has 0 bridgehead atoms. The number of hydrogen-bond acceptors (Lipinski definition) is 8. The first kappa shape index (κ1) is 14.3. The summed E-state index contributed by atoms with van der Waals surface area (Å²) < 4.78 is 5.30. The van der Waals surface area contributed by atoms with E-state index < -0.39 is 6.10 Å². The Bertz CT molecular complexity index is 426. The molecule has 19 heavy (non-hydrogen) atoms. The lowest BCUT2D eigenvalue weighted by atomic mass is 10.3. The molecule has 1 saturated heterocycles. The summed E-state index contributed by atoms with van der Waals surface area (Å²) in [7, 11) is 0. The van der Waals surface area contributed by atoms with E-state index in [1.165, 1.54) is 11.8 Å². The molecule has 2 rings (SSSR count). The third-order valence-corrected chi connectivity index (χ3v) is 4.04. The van der Waals surface area contributed by atoms with E-state index in [1.54, 1.807) is 6.92 Å². The van der Waals surface area contributed by atoms with Crippen LogP contribution in [0.25, 0.3) is 0 Å². The zero-order valence-corrected chi connectivity index (χ0v) is 11.9. The maximum atomic E-state index is 9.52. The Kier molecular flexibility index (Phi) is 4.78. The van der Waals surface area contributed by atoms with Crippen LogP contribution in [0.3, 0.4) is 0 Å². The molecule has 0 amide bonds. The van der Waals surface area contributed by atoms with E-state index in [-0.39, 0.29) is 11.2 Å². The minimum Gasteiger partial charge on any atom is -0.392 e. The summed E-state index contributed by atoms with van der Waals surface area (Å²) in [6.07, 6.45) is -0.435. The second kappa shape index (κ2) is 6.36. The SMILES string of the molecule is CC(O)C(C)Sc1nc(N)nc(N2CCOCC2)n1. The van der Waals surface area contributed by atoms with Gasteiger partial charge < -0.3 is 20.5 Å². The molecule has 1 aliphatic heterocycles. The van der Waals surface area contributed by atoms with Crippen molar-refractivity contribution in [3.63, 3.8) is 0 Å². The van der Waals surface area contributed by atoms with Crippen LogP contribution in [0, 0.1) is 0 Å². The Labute approximate surface area is 116 Å². The van der Waals surface area contributed by atoms with Gasteiger partial charge in [-0.15, -0.1) is 0 Å². The highest BCUT2D eigenvalue weighted by atomic mass is 32.2. The summed E-state index contributed by atoms with van der Waals surface area (Å²) >= 11 is 1.39. The first-order valence-electron chi connectivity index (χ1n) is 6.25. The maximum absolute atomic E-state index is 9.52. The van der Waals surface area contributed by atoms with Gasteiger partial charge in [-0.2, -0.15) is 15.0 Å². The monoisotopic (exact) mass is 285 g/mol. The van der Waals surface area contributed by atoms with Crippen molar-refractivity contribution in [1.29, 1.82) is 0 Å². The first-order chi connectivity index (χ1) is 9.06. The van der Waals surface area contributed by atoms with Crippen molar-refractivity contribution in [1.82, 2.24) is 15.0 Å². The van der Waals surface area contributed by atoms with Crippen molar-refractivity contribution in [3.05, 3.63) is 0 Å². The van der Waals surface area contributed by atoms with Crippen LogP contribution in [0.15, 0.2) is 5.16 Å². The second-order valence-corrected chi connectivity index (χ2v) is 5.78. The van der Waals surface area contributed by atoms with Crippen molar-refractivity contribution in [3.8, 4) is 0 Å². The molecule has 0 aliphatic carbocycles. The number of hydrogen-bond donors (Lipinski definition) is 2. The molecule has 0 saturated carbocycles. The molecule has 1 fully saturated rings. The fourth-order valence-electron chi connectivity index (χ4n) is 1.58. The van der Waals surface area contributed by atoms with E-state index >= 15 is 0 Å². The van der Waals surface area contributed by atoms with Gasteiger partial charge in [0.25, 0.3) is 0 Å². The zero-order valence-electron chi connectivity index (χ0n) is 11.1. The Hall–Kier alpha value is -1.12. The minimum absolute atomic E-state index is 0.000612. The number of rotatable bonds is 4. The van der Waals surface area contributed by atoms with E-state index in [0.29, 0.717) is 24.3 Å². The third-order valence-electron chi connectivity index (χ3n) is 2.88. The number of nitrogens with two attached hydrogens (primary N) is 1.